The van der Waals surface area contributed by atoms with Gasteiger partial charge >= 0.3 is 0 Å². The van der Waals surface area contributed by atoms with Gasteiger partial charge in [0.15, 0.2) is 0 Å². The van der Waals surface area contributed by atoms with Crippen LogP contribution in [-0.2, 0) is 10.8 Å². The zero-order chi connectivity index (χ0) is 14.3. The first-order chi connectivity index (χ1) is 8.68. The molecule has 0 spiro atoms. The highest BCUT2D eigenvalue weighted by Crippen LogP contribution is 2.26. The predicted molar refractivity (Wildman–Crippen MR) is 76.6 cm³/mol. The van der Waals surface area contributed by atoms with Crippen molar-refractivity contribution in [3.63, 3.8) is 0 Å². The number of rotatable bonds is 1. The van der Waals surface area contributed by atoms with Crippen molar-refractivity contribution >= 4 is 0 Å². The molecule has 19 heavy (non-hydrogen) atoms. The van der Waals surface area contributed by atoms with Gasteiger partial charge in [0.05, 0.1) is 5.69 Å². The molecule has 2 aromatic rings. The van der Waals surface area contributed by atoms with Crippen LogP contribution in [0.4, 0.5) is 0 Å². The van der Waals surface area contributed by atoms with E-state index in [1.807, 2.05) is 16.8 Å². The molecule has 2 rings (SSSR count). The smallest absolute Gasteiger partial charge is 0.141 e. The van der Waals surface area contributed by atoms with Gasteiger partial charge in [-0.1, -0.05) is 41.5 Å². The van der Waals surface area contributed by atoms with Gasteiger partial charge < -0.3 is 0 Å². The summed E-state index contributed by atoms with van der Waals surface area (Å²) in [7, 11) is 0. The second-order valence-electron chi connectivity index (χ2n) is 6.90. The van der Waals surface area contributed by atoms with Crippen molar-refractivity contribution in [3.8, 4) is 5.82 Å². The van der Waals surface area contributed by atoms with Crippen LogP contribution in [0.15, 0.2) is 24.8 Å². The van der Waals surface area contributed by atoms with Gasteiger partial charge in [-0.2, -0.15) is 0 Å². The van der Waals surface area contributed by atoms with E-state index in [0.29, 0.717) is 0 Å². The van der Waals surface area contributed by atoms with E-state index in [1.165, 1.54) is 0 Å². The fourth-order valence-electron chi connectivity index (χ4n) is 1.68. The molecule has 2 aromatic heterocycles. The van der Waals surface area contributed by atoms with Crippen molar-refractivity contribution in [1.29, 1.82) is 0 Å². The molecule has 2 heterocycles. The van der Waals surface area contributed by atoms with E-state index >= 15 is 0 Å². The van der Waals surface area contributed by atoms with Crippen LogP contribution in [0.2, 0.25) is 0 Å². The summed E-state index contributed by atoms with van der Waals surface area (Å²) in [4.78, 5) is 13.5. The molecule has 0 bridgehead atoms. The van der Waals surface area contributed by atoms with E-state index in [1.54, 1.807) is 12.5 Å². The van der Waals surface area contributed by atoms with Crippen LogP contribution in [0.3, 0.4) is 0 Å². The zero-order valence-corrected chi connectivity index (χ0v) is 12.6. The second-order valence-corrected chi connectivity index (χ2v) is 6.90. The zero-order valence-electron chi connectivity index (χ0n) is 12.6. The Hall–Kier alpha value is -1.71. The highest BCUT2D eigenvalue weighted by molar-refractivity contribution is 5.30. The summed E-state index contributed by atoms with van der Waals surface area (Å²) in [5.74, 6) is 1.74. The lowest BCUT2D eigenvalue weighted by Crippen LogP contribution is -2.22. The van der Waals surface area contributed by atoms with E-state index < -0.39 is 0 Å². The molecular weight excluding hydrogens is 236 g/mol. The van der Waals surface area contributed by atoms with Gasteiger partial charge in [-0.05, 0) is 0 Å². The lowest BCUT2D eigenvalue weighted by Gasteiger charge is -2.23. The summed E-state index contributed by atoms with van der Waals surface area (Å²) < 4.78 is 1.92. The standard InChI is InChI=1S/C15H22N4/c1-14(2,3)11-9-12(19-8-7-16-10-19)18-13(17-11)15(4,5)6/h7-10H,1-6H3. The molecule has 0 unspecified atom stereocenters. The third-order valence-electron chi connectivity index (χ3n) is 2.92. The Balaban J connectivity index is 2.62. The van der Waals surface area contributed by atoms with E-state index in [4.69, 9.17) is 4.98 Å². The maximum absolute atomic E-state index is 4.74. The maximum atomic E-state index is 4.74. The maximum Gasteiger partial charge on any atom is 0.141 e. The highest BCUT2D eigenvalue weighted by Gasteiger charge is 2.23. The van der Waals surface area contributed by atoms with Crippen LogP contribution in [0, 0.1) is 0 Å². The Morgan fingerprint density at radius 3 is 2.11 bits per heavy atom. The van der Waals surface area contributed by atoms with E-state index in [9.17, 15) is 0 Å². The van der Waals surface area contributed by atoms with Crippen LogP contribution in [0.25, 0.3) is 5.82 Å². The van der Waals surface area contributed by atoms with E-state index in [2.05, 4.69) is 51.5 Å². The minimum Gasteiger partial charge on any atom is -0.290 e. The topological polar surface area (TPSA) is 43.6 Å². The van der Waals surface area contributed by atoms with Crippen LogP contribution in [0.5, 0.6) is 0 Å². The molecule has 0 aliphatic heterocycles. The summed E-state index contributed by atoms with van der Waals surface area (Å²) >= 11 is 0. The Morgan fingerprint density at radius 1 is 0.947 bits per heavy atom. The molecule has 0 aliphatic rings. The number of hydrogen-bond donors (Lipinski definition) is 0. The van der Waals surface area contributed by atoms with Crippen molar-refractivity contribution in [1.82, 2.24) is 19.5 Å². The van der Waals surface area contributed by atoms with Crippen molar-refractivity contribution in [2.75, 3.05) is 0 Å². The number of nitrogens with zero attached hydrogens (tertiary/aromatic N) is 4. The van der Waals surface area contributed by atoms with Gasteiger partial charge in [0.2, 0.25) is 0 Å². The molecule has 4 nitrogen and oxygen atoms in total. The van der Waals surface area contributed by atoms with Gasteiger partial charge in [-0.15, -0.1) is 0 Å². The highest BCUT2D eigenvalue weighted by atomic mass is 15.1. The summed E-state index contributed by atoms with van der Waals surface area (Å²) in [5.41, 5.74) is 0.977. The number of hydrogen-bond acceptors (Lipinski definition) is 3. The van der Waals surface area contributed by atoms with Crippen molar-refractivity contribution in [3.05, 3.63) is 36.3 Å². The number of aromatic nitrogens is 4. The summed E-state index contributed by atoms with van der Waals surface area (Å²) in [5, 5.41) is 0. The van der Waals surface area contributed by atoms with Crippen LogP contribution in [-0.4, -0.2) is 19.5 Å². The quantitative estimate of drug-likeness (QED) is 0.788. The van der Waals surface area contributed by atoms with Crippen LogP contribution in [0.1, 0.15) is 53.1 Å². The molecule has 0 saturated heterocycles. The average molecular weight is 258 g/mol. The molecule has 0 aliphatic carbocycles. The van der Waals surface area contributed by atoms with Gasteiger partial charge in [-0.3, -0.25) is 4.57 Å². The van der Waals surface area contributed by atoms with Gasteiger partial charge in [0.25, 0.3) is 0 Å². The van der Waals surface area contributed by atoms with Crippen LogP contribution >= 0.6 is 0 Å². The Bertz CT molecular complexity index is 525. The minimum atomic E-state index is -0.0728. The molecule has 4 heteroatoms. The third kappa shape index (κ3) is 3.00. The molecule has 0 radical (unpaired) electrons. The lowest BCUT2D eigenvalue weighted by molar-refractivity contribution is 0.511. The second kappa shape index (κ2) is 4.44. The predicted octanol–water partition coefficient (Wildman–Crippen LogP) is 3.26. The first-order valence-electron chi connectivity index (χ1n) is 6.56. The molecular formula is C15H22N4. The monoisotopic (exact) mass is 258 g/mol. The molecule has 0 amide bonds. The average Bonchev–Trinajstić information content (AvgIpc) is 2.79. The molecule has 0 atom stereocenters. The van der Waals surface area contributed by atoms with Crippen molar-refractivity contribution < 1.29 is 0 Å². The lowest BCUT2D eigenvalue weighted by atomic mass is 9.90. The molecule has 0 fully saturated rings. The Kier molecular flexibility index (Phi) is 3.20. The van der Waals surface area contributed by atoms with Gasteiger partial charge in [-0.25, -0.2) is 15.0 Å². The molecule has 0 aromatic carbocycles. The fourth-order valence-corrected chi connectivity index (χ4v) is 1.68. The molecule has 0 N–H and O–H groups in total. The Labute approximate surface area is 114 Å². The molecule has 102 valence electrons. The van der Waals surface area contributed by atoms with Gasteiger partial charge in [0, 0.05) is 29.3 Å². The number of imidazole rings is 1. The first-order valence-corrected chi connectivity index (χ1v) is 6.56. The largest absolute Gasteiger partial charge is 0.290 e. The summed E-state index contributed by atoms with van der Waals surface area (Å²) in [6, 6.07) is 2.04. The fraction of sp³-hybridized carbons (Fsp3) is 0.533. The van der Waals surface area contributed by atoms with Crippen molar-refractivity contribution in [2.24, 2.45) is 0 Å². The summed E-state index contributed by atoms with van der Waals surface area (Å²) in [6.45, 7) is 12.9. The SMILES string of the molecule is CC(C)(C)c1cc(-n2ccnc2)nc(C(C)(C)C)n1. The van der Waals surface area contributed by atoms with E-state index in [-0.39, 0.29) is 10.8 Å². The summed E-state index contributed by atoms with van der Waals surface area (Å²) in [6.07, 6.45) is 5.43. The van der Waals surface area contributed by atoms with Gasteiger partial charge in [0.1, 0.15) is 18.0 Å². The van der Waals surface area contributed by atoms with E-state index in [0.717, 1.165) is 17.3 Å². The van der Waals surface area contributed by atoms with Crippen molar-refractivity contribution in [2.45, 2.75) is 52.4 Å². The normalized spacial score (nSPS) is 12.7. The van der Waals surface area contributed by atoms with Crippen LogP contribution < -0.4 is 0 Å². The minimum absolute atomic E-state index is 0.00171. The third-order valence-corrected chi connectivity index (χ3v) is 2.92. The molecule has 0 saturated carbocycles. The first kappa shape index (κ1) is 13.7. The Morgan fingerprint density at radius 2 is 1.63 bits per heavy atom.